The van der Waals surface area contributed by atoms with Crippen LogP contribution < -0.4 is 10.1 Å². The number of aliphatic carboxylic acids is 1. The standard InChI is InChI=1S/C27H29BrN2O5S/c1-27(2,3)17-7-8-19-22(12-17)36-26(24(19)25(33)29-14-18-5-4-10-34-18)30-13-16-6-9-21(20(28)11-16)35-15-23(31)32/h4-6,9-11,13,17H,7-8,12,14-15H2,1-3H3,(H,29,33)(H,31,32)/t17-/m1/s1. The number of nitrogens with one attached hydrogen (secondary N) is 1. The summed E-state index contributed by atoms with van der Waals surface area (Å²) in [5, 5.41) is 12.5. The van der Waals surface area contributed by atoms with Crippen LogP contribution in [0.4, 0.5) is 5.00 Å². The number of thiophene rings is 1. The highest BCUT2D eigenvalue weighted by molar-refractivity contribution is 9.10. The van der Waals surface area contributed by atoms with Crippen LogP contribution >= 0.6 is 27.3 Å². The second kappa shape index (κ2) is 11.0. The summed E-state index contributed by atoms with van der Waals surface area (Å²) in [5.41, 5.74) is 2.74. The zero-order chi connectivity index (χ0) is 25.9. The summed E-state index contributed by atoms with van der Waals surface area (Å²) in [6, 6.07) is 8.93. The number of furan rings is 1. The highest BCUT2D eigenvalue weighted by atomic mass is 79.9. The smallest absolute Gasteiger partial charge is 0.341 e. The van der Waals surface area contributed by atoms with Gasteiger partial charge in [0.1, 0.15) is 16.5 Å². The molecule has 0 spiro atoms. The van der Waals surface area contributed by atoms with Gasteiger partial charge in [-0.1, -0.05) is 20.8 Å². The SMILES string of the molecule is CC(C)(C)[C@@H]1CCc2c(sc(N=Cc3ccc(OCC(=O)O)c(Br)c3)c2C(=O)NCc2ccco2)C1. The first kappa shape index (κ1) is 26.2. The number of nitrogens with zero attached hydrogens (tertiary/aromatic N) is 1. The Labute approximate surface area is 222 Å². The summed E-state index contributed by atoms with van der Waals surface area (Å²) in [6.45, 7) is 6.71. The Morgan fingerprint density at radius 3 is 2.81 bits per heavy atom. The molecule has 0 aliphatic heterocycles. The highest BCUT2D eigenvalue weighted by Gasteiger charge is 2.33. The van der Waals surface area contributed by atoms with Crippen molar-refractivity contribution in [3.8, 4) is 5.75 Å². The molecule has 3 aromatic rings. The number of amides is 1. The minimum Gasteiger partial charge on any atom is -0.481 e. The number of benzene rings is 1. The second-order valence-corrected chi connectivity index (χ2v) is 11.8. The Balaban J connectivity index is 1.61. The number of carbonyl (C=O) groups excluding carboxylic acids is 1. The van der Waals surface area contributed by atoms with E-state index in [-0.39, 0.29) is 11.3 Å². The summed E-state index contributed by atoms with van der Waals surface area (Å²) in [7, 11) is 0. The number of fused-ring (bicyclic) bond motifs is 1. The third kappa shape index (κ3) is 6.25. The van der Waals surface area contributed by atoms with E-state index < -0.39 is 12.6 Å². The van der Waals surface area contributed by atoms with Gasteiger partial charge in [-0.25, -0.2) is 9.79 Å². The molecule has 0 fully saturated rings. The summed E-state index contributed by atoms with van der Waals surface area (Å²) in [5.74, 6) is 0.492. The summed E-state index contributed by atoms with van der Waals surface area (Å²) in [4.78, 5) is 30.1. The van der Waals surface area contributed by atoms with Crippen molar-refractivity contribution in [2.75, 3.05) is 6.61 Å². The Morgan fingerprint density at radius 2 is 2.14 bits per heavy atom. The molecule has 1 aliphatic carbocycles. The highest BCUT2D eigenvalue weighted by Crippen LogP contribution is 2.45. The van der Waals surface area contributed by atoms with E-state index in [1.165, 1.54) is 4.88 Å². The van der Waals surface area contributed by atoms with Crippen molar-refractivity contribution in [1.29, 1.82) is 0 Å². The average molecular weight is 574 g/mol. The van der Waals surface area contributed by atoms with E-state index in [1.54, 1.807) is 48.1 Å². The lowest BCUT2D eigenvalue weighted by Gasteiger charge is -2.33. The van der Waals surface area contributed by atoms with Crippen molar-refractivity contribution in [3.05, 3.63) is 68.4 Å². The first-order valence-corrected chi connectivity index (χ1v) is 13.4. The van der Waals surface area contributed by atoms with Gasteiger partial charge in [-0.15, -0.1) is 11.3 Å². The van der Waals surface area contributed by atoms with Crippen molar-refractivity contribution >= 4 is 50.4 Å². The van der Waals surface area contributed by atoms with E-state index in [2.05, 4.69) is 42.0 Å². The van der Waals surface area contributed by atoms with E-state index in [0.29, 0.717) is 39.0 Å². The van der Waals surface area contributed by atoms with Crippen molar-refractivity contribution in [3.63, 3.8) is 0 Å². The van der Waals surface area contributed by atoms with Gasteiger partial charge in [-0.05, 0) is 88.0 Å². The fourth-order valence-corrected chi connectivity index (χ4v) is 6.07. The van der Waals surface area contributed by atoms with Crippen LogP contribution in [0.2, 0.25) is 0 Å². The molecule has 1 amide bonds. The molecule has 190 valence electrons. The number of hydrogen-bond donors (Lipinski definition) is 2. The Bertz CT molecular complexity index is 1270. The largest absolute Gasteiger partial charge is 0.481 e. The van der Waals surface area contributed by atoms with E-state index in [1.807, 2.05) is 6.07 Å². The maximum atomic E-state index is 13.3. The maximum absolute atomic E-state index is 13.3. The lowest BCUT2D eigenvalue weighted by molar-refractivity contribution is -0.139. The minimum absolute atomic E-state index is 0.149. The van der Waals surface area contributed by atoms with Crippen molar-refractivity contribution < 1.29 is 23.8 Å². The minimum atomic E-state index is -1.04. The molecular weight excluding hydrogens is 544 g/mol. The van der Waals surface area contributed by atoms with Crippen LogP contribution in [0.3, 0.4) is 0 Å². The third-order valence-corrected chi connectivity index (χ3v) is 8.12. The first-order valence-electron chi connectivity index (χ1n) is 11.7. The van der Waals surface area contributed by atoms with Crippen LogP contribution in [-0.4, -0.2) is 29.8 Å². The molecule has 0 unspecified atom stereocenters. The molecule has 1 atom stereocenters. The number of carboxylic acid groups (broad SMARTS) is 1. The van der Waals surface area contributed by atoms with E-state index >= 15 is 0 Å². The van der Waals surface area contributed by atoms with Gasteiger partial charge in [0.05, 0.1) is 22.8 Å². The lowest BCUT2D eigenvalue weighted by atomic mass is 9.72. The molecule has 1 aliphatic rings. The topological polar surface area (TPSA) is 101 Å². The Kier molecular flexibility index (Phi) is 8.00. The maximum Gasteiger partial charge on any atom is 0.341 e. The number of aliphatic imine (C=N–C) groups is 1. The number of halogens is 1. The van der Waals surface area contributed by atoms with Gasteiger partial charge in [0.15, 0.2) is 6.61 Å². The zero-order valence-electron chi connectivity index (χ0n) is 20.5. The summed E-state index contributed by atoms with van der Waals surface area (Å²) in [6.07, 6.45) is 6.15. The summed E-state index contributed by atoms with van der Waals surface area (Å²) >= 11 is 5.01. The van der Waals surface area contributed by atoms with Crippen LogP contribution in [0.5, 0.6) is 5.75 Å². The lowest BCUT2D eigenvalue weighted by Crippen LogP contribution is -2.28. The first-order chi connectivity index (χ1) is 17.1. The third-order valence-electron chi connectivity index (χ3n) is 6.34. The molecule has 7 nitrogen and oxygen atoms in total. The molecule has 1 aromatic carbocycles. The second-order valence-electron chi connectivity index (χ2n) is 9.88. The molecule has 36 heavy (non-hydrogen) atoms. The molecular formula is C27H29BrN2O5S. The zero-order valence-corrected chi connectivity index (χ0v) is 22.9. The molecule has 0 bridgehead atoms. The number of carboxylic acids is 1. The molecule has 0 radical (unpaired) electrons. The van der Waals surface area contributed by atoms with Crippen LogP contribution in [0.1, 0.15) is 59.3 Å². The van der Waals surface area contributed by atoms with Gasteiger partial charge in [0.25, 0.3) is 5.91 Å². The van der Waals surface area contributed by atoms with Gasteiger partial charge in [0.2, 0.25) is 0 Å². The fourth-order valence-electron chi connectivity index (χ4n) is 4.29. The Hall–Kier alpha value is -2.91. The van der Waals surface area contributed by atoms with E-state index in [9.17, 15) is 9.59 Å². The monoisotopic (exact) mass is 572 g/mol. The molecule has 2 aromatic heterocycles. The van der Waals surface area contributed by atoms with Crippen LogP contribution in [0.15, 0.2) is 50.5 Å². The molecule has 0 saturated carbocycles. The molecule has 9 heteroatoms. The molecule has 0 saturated heterocycles. The molecule has 4 rings (SSSR count). The average Bonchev–Trinajstić information content (AvgIpc) is 3.47. The van der Waals surface area contributed by atoms with Gasteiger partial charge >= 0.3 is 5.97 Å². The number of carbonyl (C=O) groups is 2. The predicted molar refractivity (Wildman–Crippen MR) is 144 cm³/mol. The summed E-state index contributed by atoms with van der Waals surface area (Å²) < 4.78 is 11.3. The van der Waals surface area contributed by atoms with Crippen LogP contribution in [-0.2, 0) is 24.2 Å². The van der Waals surface area contributed by atoms with Crippen LogP contribution in [0, 0.1) is 11.3 Å². The fraction of sp³-hybridized carbons (Fsp3) is 0.370. The van der Waals surface area contributed by atoms with E-state index in [0.717, 1.165) is 30.4 Å². The molecule has 2 N–H and O–H groups in total. The normalized spacial score (nSPS) is 15.6. The number of hydrogen-bond acceptors (Lipinski definition) is 6. The van der Waals surface area contributed by atoms with Crippen molar-refractivity contribution in [1.82, 2.24) is 5.32 Å². The number of ether oxygens (including phenoxy) is 1. The van der Waals surface area contributed by atoms with Gasteiger partial charge in [0, 0.05) is 11.1 Å². The van der Waals surface area contributed by atoms with Crippen molar-refractivity contribution in [2.24, 2.45) is 16.3 Å². The number of rotatable bonds is 8. The Morgan fingerprint density at radius 1 is 1.33 bits per heavy atom. The van der Waals surface area contributed by atoms with Crippen molar-refractivity contribution in [2.45, 2.75) is 46.6 Å². The van der Waals surface area contributed by atoms with Gasteiger partial charge < -0.3 is 19.6 Å². The van der Waals surface area contributed by atoms with Crippen LogP contribution in [0.25, 0.3) is 0 Å². The quantitative estimate of drug-likeness (QED) is 0.304. The van der Waals surface area contributed by atoms with Gasteiger partial charge in [-0.2, -0.15) is 0 Å². The van der Waals surface area contributed by atoms with E-state index in [4.69, 9.17) is 19.3 Å². The molecule has 2 heterocycles. The van der Waals surface area contributed by atoms with Gasteiger partial charge in [-0.3, -0.25) is 4.79 Å². The predicted octanol–water partition coefficient (Wildman–Crippen LogP) is 6.40.